The minimum atomic E-state index is 0.634. The summed E-state index contributed by atoms with van der Waals surface area (Å²) < 4.78 is 7.83. The van der Waals surface area contributed by atoms with E-state index in [1.54, 1.807) is 11.8 Å². The summed E-state index contributed by atoms with van der Waals surface area (Å²) in [7, 11) is 0. The number of aromatic nitrogens is 4. The van der Waals surface area contributed by atoms with Crippen molar-refractivity contribution in [2.24, 2.45) is 0 Å². The summed E-state index contributed by atoms with van der Waals surface area (Å²) >= 11 is 1.66. The van der Waals surface area contributed by atoms with Crippen LogP contribution in [0, 0.1) is 6.92 Å². The molecule has 2 aromatic heterocycles. The van der Waals surface area contributed by atoms with Crippen LogP contribution in [0.5, 0.6) is 5.75 Å². The molecule has 0 atom stereocenters. The van der Waals surface area contributed by atoms with Gasteiger partial charge < -0.3 is 4.74 Å². The van der Waals surface area contributed by atoms with E-state index in [1.165, 1.54) is 5.56 Å². The molecular formula is C17H16N4OS. The highest BCUT2D eigenvalue weighted by molar-refractivity contribution is 7.99. The molecule has 0 radical (unpaired) electrons. The number of aromatic amines is 1. The summed E-state index contributed by atoms with van der Waals surface area (Å²) in [4.78, 5) is 4.52. The van der Waals surface area contributed by atoms with E-state index < -0.39 is 0 Å². The summed E-state index contributed by atoms with van der Waals surface area (Å²) in [6.07, 6.45) is 0. The molecule has 0 saturated heterocycles. The maximum atomic E-state index is 5.78. The fourth-order valence-corrected chi connectivity index (χ4v) is 3.31. The predicted molar refractivity (Wildman–Crippen MR) is 92.2 cm³/mol. The van der Waals surface area contributed by atoms with E-state index in [1.807, 2.05) is 40.8 Å². The first-order valence-corrected chi connectivity index (χ1v) is 8.44. The predicted octanol–water partition coefficient (Wildman–Crippen LogP) is 3.69. The van der Waals surface area contributed by atoms with Gasteiger partial charge in [-0.3, -0.25) is 4.40 Å². The number of hydrogen-bond acceptors (Lipinski definition) is 4. The van der Waals surface area contributed by atoms with Crippen molar-refractivity contribution in [1.82, 2.24) is 19.6 Å². The monoisotopic (exact) mass is 324 g/mol. The third-order valence-electron chi connectivity index (χ3n) is 3.58. The van der Waals surface area contributed by atoms with Crippen LogP contribution in [-0.4, -0.2) is 31.9 Å². The van der Waals surface area contributed by atoms with Crippen LogP contribution < -0.4 is 4.74 Å². The van der Waals surface area contributed by atoms with Gasteiger partial charge in [-0.15, -0.1) is 5.10 Å². The quantitative estimate of drug-likeness (QED) is 0.449. The van der Waals surface area contributed by atoms with Gasteiger partial charge in [-0.1, -0.05) is 36.0 Å². The van der Waals surface area contributed by atoms with E-state index in [-0.39, 0.29) is 0 Å². The summed E-state index contributed by atoms with van der Waals surface area (Å²) in [5, 5.41) is 8.24. The largest absolute Gasteiger partial charge is 0.493 e. The molecule has 23 heavy (non-hydrogen) atoms. The lowest BCUT2D eigenvalue weighted by Crippen LogP contribution is -2.01. The summed E-state index contributed by atoms with van der Waals surface area (Å²) in [5.41, 5.74) is 3.24. The highest BCUT2D eigenvalue weighted by Crippen LogP contribution is 2.23. The van der Waals surface area contributed by atoms with Crippen molar-refractivity contribution in [3.8, 4) is 5.75 Å². The zero-order chi connectivity index (χ0) is 15.6. The Kier molecular flexibility index (Phi) is 3.67. The van der Waals surface area contributed by atoms with Gasteiger partial charge in [-0.2, -0.15) is 0 Å². The van der Waals surface area contributed by atoms with Crippen LogP contribution in [-0.2, 0) is 0 Å². The lowest BCUT2D eigenvalue weighted by atomic mass is 10.2. The molecule has 0 bridgehead atoms. The minimum Gasteiger partial charge on any atom is -0.493 e. The normalized spacial score (nSPS) is 11.3. The van der Waals surface area contributed by atoms with E-state index in [0.717, 1.165) is 33.5 Å². The number of imidazole rings is 1. The summed E-state index contributed by atoms with van der Waals surface area (Å²) in [6.45, 7) is 2.70. The third-order valence-corrected chi connectivity index (χ3v) is 4.48. The Morgan fingerprint density at radius 3 is 3.00 bits per heavy atom. The van der Waals surface area contributed by atoms with Crippen molar-refractivity contribution in [3.05, 3.63) is 54.1 Å². The number of thioether (sulfide) groups is 1. The minimum absolute atomic E-state index is 0.634. The van der Waals surface area contributed by atoms with Gasteiger partial charge in [0.2, 0.25) is 5.78 Å². The number of benzene rings is 2. The van der Waals surface area contributed by atoms with Crippen molar-refractivity contribution < 1.29 is 4.74 Å². The van der Waals surface area contributed by atoms with E-state index >= 15 is 0 Å². The van der Waals surface area contributed by atoms with Crippen molar-refractivity contribution >= 4 is 28.6 Å². The van der Waals surface area contributed by atoms with Gasteiger partial charge in [0.05, 0.1) is 17.6 Å². The lowest BCUT2D eigenvalue weighted by molar-refractivity contribution is 0.343. The first-order chi connectivity index (χ1) is 11.3. The van der Waals surface area contributed by atoms with Gasteiger partial charge in [0.1, 0.15) is 5.75 Å². The molecule has 0 aliphatic heterocycles. The average Bonchev–Trinajstić information content (AvgIpc) is 3.11. The maximum absolute atomic E-state index is 5.78. The third kappa shape index (κ3) is 2.77. The maximum Gasteiger partial charge on any atom is 0.231 e. The van der Waals surface area contributed by atoms with E-state index in [9.17, 15) is 0 Å². The molecule has 0 fully saturated rings. The number of nitrogens with one attached hydrogen (secondary N) is 1. The molecule has 5 nitrogen and oxygen atoms in total. The van der Waals surface area contributed by atoms with Crippen LogP contribution in [0.4, 0.5) is 0 Å². The zero-order valence-corrected chi connectivity index (χ0v) is 13.5. The van der Waals surface area contributed by atoms with Crippen molar-refractivity contribution in [2.45, 2.75) is 12.1 Å². The van der Waals surface area contributed by atoms with E-state index in [0.29, 0.717) is 6.61 Å². The Hall–Kier alpha value is -2.47. The van der Waals surface area contributed by atoms with Crippen molar-refractivity contribution in [1.29, 1.82) is 0 Å². The number of nitrogens with zero attached hydrogens (tertiary/aromatic N) is 3. The number of aryl methyl sites for hydroxylation is 1. The molecule has 0 saturated carbocycles. The Morgan fingerprint density at radius 2 is 2.09 bits per heavy atom. The second kappa shape index (κ2) is 5.96. The molecular weight excluding hydrogens is 308 g/mol. The molecule has 1 N–H and O–H groups in total. The standard InChI is InChI=1S/C17H16N4OS/c1-12-5-4-6-13(11-12)22-9-10-23-17-20-19-16-18-14-7-2-3-8-15(14)21(16)17/h2-8,11H,9-10H2,1H3,(H,18,19). The van der Waals surface area contributed by atoms with Crippen LogP contribution in [0.25, 0.3) is 16.8 Å². The lowest BCUT2D eigenvalue weighted by Gasteiger charge is -2.06. The second-order valence-electron chi connectivity index (χ2n) is 5.28. The van der Waals surface area contributed by atoms with E-state index in [4.69, 9.17) is 4.74 Å². The SMILES string of the molecule is Cc1cccc(OCCSc2n[nH]c3nc4ccccc4n23)c1. The molecule has 4 rings (SSSR count). The fourth-order valence-electron chi connectivity index (χ4n) is 2.54. The fraction of sp³-hybridized carbons (Fsp3) is 0.176. The van der Waals surface area contributed by atoms with Gasteiger partial charge in [-0.05, 0) is 36.8 Å². The van der Waals surface area contributed by atoms with E-state index in [2.05, 4.69) is 34.2 Å². The van der Waals surface area contributed by atoms with Crippen LogP contribution in [0.1, 0.15) is 5.56 Å². The van der Waals surface area contributed by atoms with Gasteiger partial charge in [0, 0.05) is 5.75 Å². The second-order valence-corrected chi connectivity index (χ2v) is 6.34. The number of fused-ring (bicyclic) bond motifs is 3. The zero-order valence-electron chi connectivity index (χ0n) is 12.7. The average molecular weight is 324 g/mol. The Bertz CT molecular complexity index is 959. The van der Waals surface area contributed by atoms with Crippen LogP contribution >= 0.6 is 11.8 Å². The van der Waals surface area contributed by atoms with Crippen LogP contribution in [0.3, 0.4) is 0 Å². The number of H-pyrrole nitrogens is 1. The van der Waals surface area contributed by atoms with Gasteiger partial charge in [-0.25, -0.2) is 10.1 Å². The molecule has 0 unspecified atom stereocenters. The molecule has 0 aliphatic carbocycles. The highest BCUT2D eigenvalue weighted by atomic mass is 32.2. The van der Waals surface area contributed by atoms with Gasteiger partial charge >= 0.3 is 0 Å². The smallest absolute Gasteiger partial charge is 0.231 e. The molecule has 0 amide bonds. The number of ether oxygens (including phenoxy) is 1. The molecule has 6 heteroatoms. The Balaban J connectivity index is 1.46. The number of rotatable bonds is 5. The summed E-state index contributed by atoms with van der Waals surface area (Å²) in [5.74, 6) is 2.50. The van der Waals surface area contributed by atoms with Gasteiger partial charge in [0.25, 0.3) is 0 Å². The van der Waals surface area contributed by atoms with Crippen molar-refractivity contribution in [2.75, 3.05) is 12.4 Å². The van der Waals surface area contributed by atoms with Crippen LogP contribution in [0.15, 0.2) is 53.7 Å². The highest BCUT2D eigenvalue weighted by Gasteiger charge is 2.11. The van der Waals surface area contributed by atoms with Gasteiger partial charge in [0.15, 0.2) is 5.16 Å². The molecule has 0 spiro atoms. The van der Waals surface area contributed by atoms with Crippen LogP contribution in [0.2, 0.25) is 0 Å². The number of para-hydroxylation sites is 2. The molecule has 116 valence electrons. The molecule has 2 heterocycles. The topological polar surface area (TPSA) is 55.2 Å². The first-order valence-electron chi connectivity index (χ1n) is 7.45. The molecule has 0 aliphatic rings. The number of hydrogen-bond donors (Lipinski definition) is 1. The molecule has 4 aromatic rings. The molecule has 2 aromatic carbocycles. The van der Waals surface area contributed by atoms with Crippen molar-refractivity contribution in [3.63, 3.8) is 0 Å². The Morgan fingerprint density at radius 1 is 1.17 bits per heavy atom. The summed E-state index contributed by atoms with van der Waals surface area (Å²) in [6, 6.07) is 16.2. The first kappa shape index (κ1) is 14.1. The Labute approximate surface area is 137 Å².